The van der Waals surface area contributed by atoms with Gasteiger partial charge in [0.1, 0.15) is 0 Å². The van der Waals surface area contributed by atoms with Gasteiger partial charge in [-0.3, -0.25) is 0 Å². The van der Waals surface area contributed by atoms with Crippen LogP contribution in [0.4, 0.5) is 0 Å². The Hall–Kier alpha value is -1.12. The smallest absolute Gasteiger partial charge is 0.550 e. The fourth-order valence-electron chi connectivity index (χ4n) is 0. The molecule has 18 heavy (non-hydrogen) atoms. The summed E-state index contributed by atoms with van der Waals surface area (Å²) >= 11 is 0. The van der Waals surface area contributed by atoms with Gasteiger partial charge in [0.25, 0.3) is 0 Å². The van der Waals surface area contributed by atoms with Gasteiger partial charge in [-0.25, -0.2) is 0 Å². The van der Waals surface area contributed by atoms with Crippen molar-refractivity contribution in [3.8, 4) is 0 Å². The average molecular weight is 354 g/mol. The zero-order valence-corrected chi connectivity index (χ0v) is 11.9. The van der Waals surface area contributed by atoms with Crippen molar-refractivity contribution >= 4 is 23.9 Å². The molecule has 10 heteroatoms. The quantitative estimate of drug-likeness (QED) is 0.391. The molecule has 0 aromatic rings. The Bertz CT molecular complexity index is 167. The number of hydrogen-bond acceptors (Lipinski definition) is 8. The summed E-state index contributed by atoms with van der Waals surface area (Å²) in [4.78, 5) is 35.6. The molecule has 0 saturated heterocycles. The summed E-state index contributed by atoms with van der Waals surface area (Å²) in [7, 11) is 0. The van der Waals surface area contributed by atoms with E-state index in [2.05, 4.69) is 0 Å². The number of hydrogen-bond donors (Lipinski definition) is 0. The van der Waals surface area contributed by atoms with Crippen molar-refractivity contribution in [2.75, 3.05) is 0 Å². The summed E-state index contributed by atoms with van der Waals surface area (Å²) in [5, 5.41) is 35.6. The van der Waals surface area contributed by atoms with Crippen molar-refractivity contribution in [3.63, 3.8) is 0 Å². The fourth-order valence-corrected chi connectivity index (χ4v) is 0. The van der Waals surface area contributed by atoms with Gasteiger partial charge in [-0.05, 0) is 27.7 Å². The molecule has 0 aliphatic carbocycles. The number of carboxylic acids is 4. The Balaban J connectivity index is -0.0000000257. The van der Waals surface area contributed by atoms with Crippen LogP contribution in [0.1, 0.15) is 27.7 Å². The van der Waals surface area contributed by atoms with Gasteiger partial charge < -0.3 is 39.6 Å². The molecule has 0 aliphatic heterocycles. The minimum absolute atomic E-state index is 0. The normalized spacial score (nSPS) is 5.56. The van der Waals surface area contributed by atoms with Crippen LogP contribution in [-0.2, 0) is 52.4 Å². The molecule has 0 saturated carbocycles. The molecule has 111 valence electrons. The van der Waals surface area contributed by atoms with E-state index in [4.69, 9.17) is 39.6 Å². The van der Waals surface area contributed by atoms with Crippen LogP contribution in [0.2, 0.25) is 0 Å². The Labute approximate surface area is 125 Å². The molecule has 0 bridgehead atoms. The van der Waals surface area contributed by atoms with Crippen LogP contribution >= 0.6 is 0 Å². The molecule has 0 aliphatic rings. The Morgan fingerprint density at radius 3 is 0.556 bits per heavy atom. The Morgan fingerprint density at radius 1 is 0.556 bits per heavy atom. The van der Waals surface area contributed by atoms with Crippen LogP contribution in [0.3, 0.4) is 0 Å². The van der Waals surface area contributed by atoms with E-state index >= 15 is 0 Å². The summed E-state index contributed by atoms with van der Waals surface area (Å²) in [5.41, 5.74) is 0. The molecule has 0 N–H and O–H groups in total. The Morgan fingerprint density at radius 2 is 0.556 bits per heavy atom. The second-order valence-corrected chi connectivity index (χ2v) is 1.97. The monoisotopic (exact) mass is 353 g/mol. The van der Waals surface area contributed by atoms with E-state index in [0.717, 1.165) is 27.7 Å². The molecule has 0 rings (SSSR count). The minimum Gasteiger partial charge on any atom is -0.550 e. The number of carbonyl (C=O) groups excluding carboxylic acids is 4. The third-order valence-corrected chi connectivity index (χ3v) is 0. The molecule has 0 fully saturated rings. The van der Waals surface area contributed by atoms with Crippen molar-refractivity contribution in [1.82, 2.24) is 0 Å². The zero-order chi connectivity index (χ0) is 14.3. The van der Waals surface area contributed by atoms with Crippen LogP contribution in [0.15, 0.2) is 0 Å². The maximum absolute atomic E-state index is 8.89. The number of aliphatic carboxylic acids is 4. The number of carbonyl (C=O) groups is 4. The number of rotatable bonds is 0. The fraction of sp³-hybridized carbons (Fsp3) is 0.500. The van der Waals surface area contributed by atoms with Gasteiger partial charge in [0.05, 0.1) is 0 Å². The maximum atomic E-state index is 8.89. The minimum atomic E-state index is -1.08. The van der Waals surface area contributed by atoms with E-state index in [-0.39, 0.29) is 33.3 Å². The van der Waals surface area contributed by atoms with Crippen LogP contribution in [-0.4, -0.2) is 23.9 Å². The predicted octanol–water partition coefficient (Wildman–Crippen LogP) is -4.98. The summed E-state index contributed by atoms with van der Waals surface area (Å²) in [5.74, 6) is -4.33. The first-order valence-electron chi connectivity index (χ1n) is 3.63. The van der Waals surface area contributed by atoms with E-state index in [9.17, 15) is 0 Å². The van der Waals surface area contributed by atoms with Gasteiger partial charge in [0, 0.05) is 23.9 Å². The second-order valence-electron chi connectivity index (χ2n) is 1.97. The first-order chi connectivity index (χ1) is 6.93. The van der Waals surface area contributed by atoms with Crippen LogP contribution in [0.25, 0.3) is 0 Å². The van der Waals surface area contributed by atoms with Crippen molar-refractivity contribution < 1.29 is 72.9 Å². The van der Waals surface area contributed by atoms with E-state index in [1.165, 1.54) is 0 Å². The molecule has 1 radical (unpaired) electrons. The molecule has 0 aromatic heterocycles. The molecule has 0 spiro atoms. The van der Waals surface area contributed by atoms with Gasteiger partial charge in [-0.15, -0.1) is 0 Å². The molecule has 0 amide bonds. The van der Waals surface area contributed by atoms with Crippen molar-refractivity contribution in [1.29, 1.82) is 0 Å². The van der Waals surface area contributed by atoms with Crippen LogP contribution in [0.5, 0.6) is 0 Å². The summed E-state index contributed by atoms with van der Waals surface area (Å²) < 4.78 is 0. The first-order valence-corrected chi connectivity index (χ1v) is 3.63. The van der Waals surface area contributed by atoms with E-state index in [1.54, 1.807) is 0 Å². The van der Waals surface area contributed by atoms with E-state index in [0.29, 0.717) is 0 Å². The average Bonchev–Trinajstić information content (AvgIpc) is 1.76. The van der Waals surface area contributed by atoms with Crippen molar-refractivity contribution in [2.45, 2.75) is 27.7 Å². The van der Waals surface area contributed by atoms with Gasteiger partial charge >= 0.3 is 33.3 Å². The van der Waals surface area contributed by atoms with Gasteiger partial charge in [-0.1, -0.05) is 0 Å². The third-order valence-electron chi connectivity index (χ3n) is 0. The topological polar surface area (TPSA) is 161 Å². The van der Waals surface area contributed by atoms with Crippen molar-refractivity contribution in [2.24, 2.45) is 0 Å². The molecule has 0 atom stereocenters. The SMILES string of the molecule is CC(=O)[O-].CC(=O)[O-].CC(=O)[O-].CC(=O)[O-].[Co+2].[Ni+2]. The van der Waals surface area contributed by atoms with Crippen LogP contribution in [0, 0.1) is 0 Å². The molecule has 0 aromatic carbocycles. The maximum Gasteiger partial charge on any atom is 2.00 e. The summed E-state index contributed by atoms with van der Waals surface area (Å²) in [6.07, 6.45) is 0. The number of carboxylic acid groups (broad SMARTS) is 4. The zero-order valence-electron chi connectivity index (χ0n) is 9.92. The third kappa shape index (κ3) is 2290. The molecule has 0 unspecified atom stereocenters. The van der Waals surface area contributed by atoms with Crippen LogP contribution < -0.4 is 20.4 Å². The van der Waals surface area contributed by atoms with E-state index in [1.807, 2.05) is 0 Å². The van der Waals surface area contributed by atoms with Gasteiger partial charge in [-0.2, -0.15) is 0 Å². The molecular formula is C8H12CoNiO8. The summed E-state index contributed by atoms with van der Waals surface area (Å²) in [6, 6.07) is 0. The molecule has 8 nitrogen and oxygen atoms in total. The standard InChI is InChI=1S/4C2H4O2.Co.Ni/c4*1-2(3)4;;/h4*1H3,(H,3,4);;/q;;;;2*+2/p-4. The molecule has 0 heterocycles. The largest absolute Gasteiger partial charge is 2.00 e. The van der Waals surface area contributed by atoms with Gasteiger partial charge in [0.2, 0.25) is 0 Å². The van der Waals surface area contributed by atoms with Crippen molar-refractivity contribution in [3.05, 3.63) is 0 Å². The van der Waals surface area contributed by atoms with E-state index < -0.39 is 23.9 Å². The van der Waals surface area contributed by atoms with Gasteiger partial charge in [0.15, 0.2) is 0 Å². The summed E-state index contributed by atoms with van der Waals surface area (Å²) in [6.45, 7) is 3.89. The molecular weight excluding hydrogens is 342 g/mol. The second kappa shape index (κ2) is 29.7. The first kappa shape index (κ1) is 36.0. The Kier molecular flexibility index (Phi) is 59.3. The predicted molar refractivity (Wildman–Crippen MR) is 42.7 cm³/mol.